The molecule has 6 fully saturated rings. The van der Waals surface area contributed by atoms with Crippen molar-refractivity contribution in [3.8, 4) is 0 Å². The van der Waals surface area contributed by atoms with E-state index in [1.54, 1.807) is 0 Å². The third kappa shape index (κ3) is 2.59. The number of hydrogen-bond donors (Lipinski definition) is 1. The monoisotopic (exact) mass is 344 g/mol. The Bertz CT molecular complexity index is 552. The Morgan fingerprint density at radius 2 is 1.64 bits per heavy atom. The van der Waals surface area contributed by atoms with E-state index in [1.807, 2.05) is 0 Å². The molecule has 0 amide bonds. The Labute approximate surface area is 152 Å². The fourth-order valence-electron chi connectivity index (χ4n) is 7.83. The molecule has 6 aliphatic rings. The molecule has 4 bridgehead atoms. The second kappa shape index (κ2) is 5.82. The van der Waals surface area contributed by atoms with Crippen molar-refractivity contribution in [1.29, 1.82) is 0 Å². The molecule has 5 saturated carbocycles. The van der Waals surface area contributed by atoms with Crippen LogP contribution in [0.4, 0.5) is 0 Å². The summed E-state index contributed by atoms with van der Waals surface area (Å²) in [7, 11) is 0. The van der Waals surface area contributed by atoms with E-state index < -0.39 is 0 Å². The van der Waals surface area contributed by atoms with Gasteiger partial charge in [-0.25, -0.2) is 4.99 Å². The van der Waals surface area contributed by atoms with E-state index in [0.29, 0.717) is 17.9 Å². The highest BCUT2D eigenvalue weighted by Crippen LogP contribution is 2.61. The lowest BCUT2D eigenvalue weighted by molar-refractivity contribution is -0.536. The van der Waals surface area contributed by atoms with E-state index in [2.05, 4.69) is 11.9 Å². The van der Waals surface area contributed by atoms with Crippen LogP contribution in [-0.2, 0) is 9.53 Å². The van der Waals surface area contributed by atoms with Crippen molar-refractivity contribution < 1.29 is 14.5 Å². The topological polar surface area (TPSA) is 40.3 Å². The number of esters is 1. The van der Waals surface area contributed by atoms with E-state index in [1.165, 1.54) is 69.9 Å². The molecule has 6 rings (SSSR count). The van der Waals surface area contributed by atoms with Gasteiger partial charge in [0.05, 0.1) is 0 Å². The van der Waals surface area contributed by atoms with Crippen molar-refractivity contribution in [2.45, 2.75) is 102 Å². The average molecular weight is 345 g/mol. The summed E-state index contributed by atoms with van der Waals surface area (Å²) in [5.74, 6) is 2.95. The Morgan fingerprint density at radius 1 is 1.04 bits per heavy atom. The highest BCUT2D eigenvalue weighted by molar-refractivity contribution is 6.06. The number of hydrogen-bond acceptors (Lipinski definition) is 2. The third-order valence-electron chi connectivity index (χ3n) is 8.42. The highest BCUT2D eigenvalue weighted by atomic mass is 16.6. The summed E-state index contributed by atoms with van der Waals surface area (Å²) in [5, 5.41) is 0. The number of carbonyl (C=O) groups excluding carboxylic acids is 1. The number of rotatable bonds is 3. The van der Waals surface area contributed by atoms with Gasteiger partial charge in [-0.3, -0.25) is 4.79 Å². The fraction of sp³-hybridized carbons (Fsp3) is 0.909. The maximum atomic E-state index is 12.2. The van der Waals surface area contributed by atoms with Crippen molar-refractivity contribution in [1.82, 2.24) is 0 Å². The zero-order valence-corrected chi connectivity index (χ0v) is 15.8. The summed E-state index contributed by atoms with van der Waals surface area (Å²) in [6, 6.07) is 0.546. The minimum Gasteiger partial charge on any atom is -0.448 e. The van der Waals surface area contributed by atoms with E-state index >= 15 is 0 Å². The highest BCUT2D eigenvalue weighted by Gasteiger charge is 2.57. The quantitative estimate of drug-likeness (QED) is 0.799. The molecule has 3 heteroatoms. The molecule has 0 aromatic rings. The van der Waals surface area contributed by atoms with Gasteiger partial charge in [-0.15, -0.1) is 0 Å². The van der Waals surface area contributed by atoms with Gasteiger partial charge in [-0.05, 0) is 82.0 Å². The van der Waals surface area contributed by atoms with Gasteiger partial charge in [0, 0.05) is 11.8 Å². The molecule has 25 heavy (non-hydrogen) atoms. The molecule has 0 unspecified atom stereocenters. The Balaban J connectivity index is 1.46. The van der Waals surface area contributed by atoms with Gasteiger partial charge in [0.25, 0.3) is 0 Å². The minimum absolute atomic E-state index is 0.00441. The van der Waals surface area contributed by atoms with Crippen LogP contribution in [0.25, 0.3) is 0 Å². The summed E-state index contributed by atoms with van der Waals surface area (Å²) in [6.07, 6.45) is 16.3. The SMILES string of the molecule is CC[C@@H]([NH+]=C1CC(=O)OC12CCCCC2)C12CC3CC(CC(C3)C1)C2. The largest absolute Gasteiger partial charge is 0.448 e. The van der Waals surface area contributed by atoms with Crippen LogP contribution in [0.5, 0.6) is 0 Å². The first kappa shape index (κ1) is 16.3. The van der Waals surface area contributed by atoms with Crippen molar-refractivity contribution in [2.24, 2.45) is 23.2 Å². The van der Waals surface area contributed by atoms with Crippen LogP contribution in [0.2, 0.25) is 0 Å². The molecule has 0 aromatic heterocycles. The first-order chi connectivity index (χ1) is 12.1. The average Bonchev–Trinajstić information content (AvgIpc) is 2.86. The van der Waals surface area contributed by atoms with Crippen LogP contribution >= 0.6 is 0 Å². The van der Waals surface area contributed by atoms with Crippen LogP contribution in [0.1, 0.15) is 90.4 Å². The van der Waals surface area contributed by atoms with Crippen LogP contribution < -0.4 is 4.99 Å². The maximum absolute atomic E-state index is 12.2. The van der Waals surface area contributed by atoms with E-state index in [4.69, 9.17) is 4.74 Å². The lowest BCUT2D eigenvalue weighted by Gasteiger charge is -2.57. The van der Waals surface area contributed by atoms with Gasteiger partial charge in [0.2, 0.25) is 5.71 Å². The predicted octanol–water partition coefficient (Wildman–Crippen LogP) is 3.15. The smallest absolute Gasteiger partial charge is 0.317 e. The first-order valence-electron chi connectivity index (χ1n) is 11.0. The van der Waals surface area contributed by atoms with Gasteiger partial charge in [-0.2, -0.15) is 0 Å². The van der Waals surface area contributed by atoms with E-state index in [0.717, 1.165) is 30.6 Å². The molecule has 5 aliphatic carbocycles. The second-order valence-electron chi connectivity index (χ2n) is 10.1. The molecule has 1 spiro atoms. The Morgan fingerprint density at radius 3 is 2.20 bits per heavy atom. The molecule has 1 heterocycles. The van der Waals surface area contributed by atoms with Gasteiger partial charge in [0.1, 0.15) is 6.42 Å². The van der Waals surface area contributed by atoms with Crippen LogP contribution in [-0.4, -0.2) is 23.3 Å². The molecule has 138 valence electrons. The standard InChI is InChI=1S/C22H33NO2/c1-2-18(21-12-15-8-16(13-21)10-17(9-15)14-21)23-19-11-20(24)25-22(19)6-4-3-5-7-22/h15-18H,2-14H2,1H3/p+1/t15?,16?,17?,18-,21?/m1/s1. The second-order valence-corrected chi connectivity index (χ2v) is 10.1. The molecule has 0 aromatic carbocycles. The fourth-order valence-corrected chi connectivity index (χ4v) is 7.83. The van der Waals surface area contributed by atoms with Gasteiger partial charge < -0.3 is 4.74 Å². The number of ether oxygens (including phenoxy) is 1. The molecular weight excluding hydrogens is 310 g/mol. The summed E-state index contributed by atoms with van der Waals surface area (Å²) in [5.41, 5.74) is 1.49. The summed E-state index contributed by atoms with van der Waals surface area (Å²) < 4.78 is 5.93. The lowest BCUT2D eigenvalue weighted by Crippen LogP contribution is -2.86. The zero-order chi connectivity index (χ0) is 17.1. The normalized spacial score (nSPS) is 44.4. The van der Waals surface area contributed by atoms with Gasteiger partial charge >= 0.3 is 5.97 Å². The van der Waals surface area contributed by atoms with E-state index in [9.17, 15) is 4.79 Å². The van der Waals surface area contributed by atoms with Gasteiger partial charge in [-0.1, -0.05) is 13.3 Å². The molecule has 0 radical (unpaired) electrons. The first-order valence-corrected chi connectivity index (χ1v) is 11.0. The van der Waals surface area contributed by atoms with Crippen LogP contribution in [0.15, 0.2) is 0 Å². The summed E-state index contributed by atoms with van der Waals surface area (Å²) in [6.45, 7) is 2.35. The third-order valence-corrected chi connectivity index (χ3v) is 8.42. The van der Waals surface area contributed by atoms with Crippen LogP contribution in [0, 0.1) is 23.2 Å². The molecule has 1 saturated heterocycles. The van der Waals surface area contributed by atoms with Crippen molar-refractivity contribution >= 4 is 11.7 Å². The zero-order valence-electron chi connectivity index (χ0n) is 15.8. The minimum atomic E-state index is -0.259. The van der Waals surface area contributed by atoms with Gasteiger partial charge in [0.15, 0.2) is 11.6 Å². The Hall–Kier alpha value is -0.860. The van der Waals surface area contributed by atoms with E-state index in [-0.39, 0.29) is 11.6 Å². The number of nitrogens with one attached hydrogen (secondary N) is 1. The molecule has 1 N–H and O–H groups in total. The molecular formula is C22H34NO2+. The lowest BCUT2D eigenvalue weighted by atomic mass is 9.47. The van der Waals surface area contributed by atoms with Crippen LogP contribution in [0.3, 0.4) is 0 Å². The predicted molar refractivity (Wildman–Crippen MR) is 97.2 cm³/mol. The van der Waals surface area contributed by atoms with Crippen molar-refractivity contribution in [3.63, 3.8) is 0 Å². The molecule has 1 atom stereocenters. The van der Waals surface area contributed by atoms with Crippen molar-refractivity contribution in [3.05, 3.63) is 0 Å². The summed E-state index contributed by atoms with van der Waals surface area (Å²) in [4.78, 5) is 16.1. The summed E-state index contributed by atoms with van der Waals surface area (Å²) >= 11 is 0. The number of carbonyl (C=O) groups is 1. The van der Waals surface area contributed by atoms with Crippen molar-refractivity contribution in [2.75, 3.05) is 0 Å². The maximum Gasteiger partial charge on any atom is 0.317 e. The molecule has 1 aliphatic heterocycles. The molecule has 3 nitrogen and oxygen atoms in total. The Kier molecular flexibility index (Phi) is 3.80.